The fourth-order valence-corrected chi connectivity index (χ4v) is 7.38. The van der Waals surface area contributed by atoms with Gasteiger partial charge in [0, 0.05) is 12.1 Å². The van der Waals surface area contributed by atoms with Crippen LogP contribution in [0.3, 0.4) is 0 Å². The third-order valence-corrected chi connectivity index (χ3v) is 10.6. The first kappa shape index (κ1) is 37.7. The number of sulfonamides is 1. The van der Waals surface area contributed by atoms with E-state index in [9.17, 15) is 27.6 Å². The van der Waals surface area contributed by atoms with Gasteiger partial charge in [0.05, 0.1) is 11.4 Å². The minimum absolute atomic E-state index is 0.0420. The molecule has 0 radical (unpaired) electrons. The first-order chi connectivity index (χ1) is 23.9. The lowest BCUT2D eigenvalue weighted by molar-refractivity contribution is -0.163. The van der Waals surface area contributed by atoms with E-state index in [0.717, 1.165) is 16.7 Å². The van der Waals surface area contributed by atoms with Gasteiger partial charge in [0.15, 0.2) is 0 Å². The fraction of sp³-hybridized carbons (Fsp3) is 0.421. The summed E-state index contributed by atoms with van der Waals surface area (Å²) in [5.74, 6) is -2.21. The second kappa shape index (κ2) is 14.9. The summed E-state index contributed by atoms with van der Waals surface area (Å²) >= 11 is 0. The van der Waals surface area contributed by atoms with E-state index in [1.807, 2.05) is 45.0 Å². The Hall–Kier alpha value is -4.59. The molecule has 2 aliphatic rings. The van der Waals surface area contributed by atoms with Crippen molar-refractivity contribution in [2.75, 3.05) is 11.9 Å². The average molecular weight is 719 g/mol. The van der Waals surface area contributed by atoms with Crippen molar-refractivity contribution in [1.29, 1.82) is 0 Å². The number of nitrogens with zero attached hydrogens (tertiary/aromatic N) is 1. The lowest BCUT2D eigenvalue weighted by atomic mass is 9.85. The molecule has 2 amide bonds. The second-order valence-corrected chi connectivity index (χ2v) is 16.6. The van der Waals surface area contributed by atoms with E-state index in [0.29, 0.717) is 30.6 Å². The Morgan fingerprint density at radius 1 is 0.961 bits per heavy atom. The van der Waals surface area contributed by atoms with Crippen LogP contribution in [-0.4, -0.2) is 67.5 Å². The van der Waals surface area contributed by atoms with Crippen molar-refractivity contribution in [3.05, 3.63) is 95.1 Å². The highest BCUT2D eigenvalue weighted by atomic mass is 32.2. The van der Waals surface area contributed by atoms with Crippen LogP contribution in [0, 0.1) is 12.3 Å². The first-order valence-corrected chi connectivity index (χ1v) is 18.4. The Kier molecular flexibility index (Phi) is 11.0. The molecule has 51 heavy (non-hydrogen) atoms. The van der Waals surface area contributed by atoms with Gasteiger partial charge < -0.3 is 20.1 Å². The van der Waals surface area contributed by atoms with Crippen LogP contribution in [0.1, 0.15) is 63.3 Å². The quantitative estimate of drug-likeness (QED) is 0.212. The molecule has 0 aromatic heterocycles. The van der Waals surface area contributed by atoms with Crippen LogP contribution in [0.2, 0.25) is 0 Å². The largest absolute Gasteiger partial charge is 0.444 e. The number of hydrogen-bond acceptors (Lipinski definition) is 9. The number of hydrogen-bond donors (Lipinski definition) is 3. The summed E-state index contributed by atoms with van der Waals surface area (Å²) in [6.45, 7) is 11.7. The maximum atomic E-state index is 13.6. The number of carbonyl (C=O) groups is 4. The van der Waals surface area contributed by atoms with Gasteiger partial charge in [-0.3, -0.25) is 9.69 Å². The van der Waals surface area contributed by atoms with Gasteiger partial charge in [-0.1, -0.05) is 67.9 Å². The van der Waals surface area contributed by atoms with Gasteiger partial charge in [-0.2, -0.15) is 4.72 Å². The third-order valence-electron chi connectivity index (χ3n) is 9.09. The number of carbonyl (C=O) groups excluding carboxylic acids is 4. The Bertz CT molecular complexity index is 1890. The summed E-state index contributed by atoms with van der Waals surface area (Å²) in [4.78, 5) is 54.7. The highest BCUT2D eigenvalue weighted by Crippen LogP contribution is 2.31. The van der Waals surface area contributed by atoms with Crippen LogP contribution in [0.25, 0.3) is 0 Å². The van der Waals surface area contributed by atoms with Gasteiger partial charge >= 0.3 is 18.0 Å². The number of amides is 2. The van der Waals surface area contributed by atoms with E-state index in [4.69, 9.17) is 9.47 Å². The highest BCUT2D eigenvalue weighted by molar-refractivity contribution is 7.89. The first-order valence-electron chi connectivity index (χ1n) is 17.0. The van der Waals surface area contributed by atoms with Crippen molar-refractivity contribution in [2.45, 2.75) is 96.0 Å². The minimum Gasteiger partial charge on any atom is -0.444 e. The van der Waals surface area contributed by atoms with Crippen LogP contribution in [0.15, 0.2) is 77.7 Å². The minimum atomic E-state index is -4.18. The Labute approximate surface area is 299 Å². The van der Waals surface area contributed by atoms with E-state index < -0.39 is 63.1 Å². The number of aryl methyl sites for hydroxylation is 1. The van der Waals surface area contributed by atoms with E-state index >= 15 is 0 Å². The molecule has 0 saturated carbocycles. The van der Waals surface area contributed by atoms with E-state index in [-0.39, 0.29) is 17.9 Å². The van der Waals surface area contributed by atoms with Crippen LogP contribution >= 0.6 is 0 Å². The van der Waals surface area contributed by atoms with Gasteiger partial charge in [-0.25, -0.2) is 22.8 Å². The monoisotopic (exact) mass is 718 g/mol. The molecule has 2 heterocycles. The maximum Gasteiger partial charge on any atom is 0.411 e. The molecule has 12 nitrogen and oxygen atoms in total. The fourth-order valence-electron chi connectivity index (χ4n) is 6.19. The van der Waals surface area contributed by atoms with Gasteiger partial charge in [0.2, 0.25) is 15.9 Å². The highest BCUT2D eigenvalue weighted by Gasteiger charge is 2.42. The van der Waals surface area contributed by atoms with Crippen molar-refractivity contribution in [1.82, 2.24) is 14.9 Å². The molecular weight excluding hydrogens is 673 g/mol. The topological polar surface area (TPSA) is 160 Å². The van der Waals surface area contributed by atoms with Crippen molar-refractivity contribution in [3.63, 3.8) is 0 Å². The van der Waals surface area contributed by atoms with Crippen molar-refractivity contribution in [2.24, 2.45) is 5.41 Å². The standard InChI is InChI=1S/C38H46N4O8S/c1-24-11-17-29(18-12-24)51(47,48)41-30(34(44)49-35(45)32-38(5,6)19-20-39-32)21-25-13-15-28(16-14-25)40-33(43)31-22-26-9-7-8-10-27(26)23-42(31)36(46)50-37(2,3)4/h7-18,30-32,39,41H,19-23H2,1-6H3,(H,40,43)/t30-,31-,32+/m0/s1. The zero-order chi connectivity index (χ0) is 37.1. The van der Waals surface area contributed by atoms with Gasteiger partial charge in [0.1, 0.15) is 23.7 Å². The number of nitrogens with one attached hydrogen (secondary N) is 3. The molecule has 1 saturated heterocycles. The smallest absolute Gasteiger partial charge is 0.411 e. The number of esters is 2. The number of fused-ring (bicyclic) bond motifs is 1. The molecule has 3 aromatic carbocycles. The molecule has 0 bridgehead atoms. The van der Waals surface area contributed by atoms with Gasteiger partial charge in [-0.15, -0.1) is 0 Å². The summed E-state index contributed by atoms with van der Waals surface area (Å²) in [7, 11) is -4.18. The van der Waals surface area contributed by atoms with Crippen LogP contribution < -0.4 is 15.4 Å². The van der Waals surface area contributed by atoms with Crippen molar-refractivity contribution in [3.8, 4) is 0 Å². The van der Waals surface area contributed by atoms with Crippen LogP contribution in [-0.2, 0) is 53.3 Å². The van der Waals surface area contributed by atoms with Gasteiger partial charge in [-0.05, 0) is 93.5 Å². The van der Waals surface area contributed by atoms with E-state index in [1.165, 1.54) is 17.0 Å². The zero-order valence-electron chi connectivity index (χ0n) is 29.8. The zero-order valence-corrected chi connectivity index (χ0v) is 30.6. The van der Waals surface area contributed by atoms with Crippen molar-refractivity contribution < 1.29 is 37.1 Å². The SMILES string of the molecule is Cc1ccc(S(=O)(=O)N[C@@H](Cc2ccc(NC(=O)[C@@H]3Cc4ccccc4CN3C(=O)OC(C)(C)C)cc2)C(=O)OC(=O)[C@H]2NCCC2(C)C)cc1. The Morgan fingerprint density at radius 2 is 1.61 bits per heavy atom. The number of ether oxygens (including phenoxy) is 2. The number of rotatable bonds is 9. The molecule has 2 aliphatic heterocycles. The normalized spacial score (nSPS) is 19.1. The molecule has 0 spiro atoms. The van der Waals surface area contributed by atoms with Crippen LogP contribution in [0.5, 0.6) is 0 Å². The molecule has 3 N–H and O–H groups in total. The van der Waals surface area contributed by atoms with Crippen molar-refractivity contribution >= 4 is 39.6 Å². The predicted molar refractivity (Wildman–Crippen MR) is 191 cm³/mol. The van der Waals surface area contributed by atoms with Crippen LogP contribution in [0.4, 0.5) is 10.5 Å². The summed E-state index contributed by atoms with van der Waals surface area (Å²) < 4.78 is 40.0. The van der Waals surface area contributed by atoms with Gasteiger partial charge in [0.25, 0.3) is 0 Å². The molecular formula is C38H46N4O8S. The summed E-state index contributed by atoms with van der Waals surface area (Å²) in [5, 5.41) is 5.94. The molecule has 272 valence electrons. The Morgan fingerprint density at radius 3 is 2.22 bits per heavy atom. The maximum absolute atomic E-state index is 13.6. The molecule has 0 aliphatic carbocycles. The summed E-state index contributed by atoms with van der Waals surface area (Å²) in [6.07, 6.45) is 0.277. The molecule has 3 atom stereocenters. The Balaban J connectivity index is 1.32. The average Bonchev–Trinajstić information content (AvgIpc) is 3.42. The lowest BCUT2D eigenvalue weighted by Gasteiger charge is -2.36. The molecule has 1 fully saturated rings. The second-order valence-electron chi connectivity index (χ2n) is 14.8. The molecule has 13 heteroatoms. The molecule has 5 rings (SSSR count). The number of benzene rings is 3. The lowest BCUT2D eigenvalue weighted by Crippen LogP contribution is -2.52. The molecule has 3 aromatic rings. The summed E-state index contributed by atoms with van der Waals surface area (Å²) in [5.41, 5.74) is 2.53. The molecule has 0 unspecified atom stereocenters. The summed E-state index contributed by atoms with van der Waals surface area (Å²) in [6, 6.07) is 17.3. The van der Waals surface area contributed by atoms with E-state index in [1.54, 1.807) is 57.2 Å². The van der Waals surface area contributed by atoms with E-state index in [2.05, 4.69) is 15.4 Å². The predicted octanol–water partition coefficient (Wildman–Crippen LogP) is 4.64. The number of anilines is 1. The third kappa shape index (κ3) is 9.40.